The van der Waals surface area contributed by atoms with Crippen molar-refractivity contribution in [3.05, 3.63) is 77.4 Å². The highest BCUT2D eigenvalue weighted by atomic mass is 16.5. The molecule has 2 aromatic carbocycles. The molecule has 0 aliphatic heterocycles. The molecule has 1 fully saturated rings. The molecular formula is C22H20O4. The van der Waals surface area contributed by atoms with E-state index in [0.717, 1.165) is 27.8 Å². The highest BCUT2D eigenvalue weighted by molar-refractivity contribution is 5.91. The molecule has 2 aliphatic carbocycles. The summed E-state index contributed by atoms with van der Waals surface area (Å²) in [7, 11) is 2.72. The fourth-order valence-corrected chi connectivity index (χ4v) is 4.65. The van der Waals surface area contributed by atoms with Crippen molar-refractivity contribution < 1.29 is 19.1 Å². The Labute approximate surface area is 152 Å². The fraction of sp³-hybridized carbons (Fsp3) is 0.273. The number of hydrogen-bond acceptors (Lipinski definition) is 4. The molecule has 4 rings (SSSR count). The lowest BCUT2D eigenvalue weighted by Gasteiger charge is -2.49. The van der Waals surface area contributed by atoms with Crippen molar-refractivity contribution in [2.24, 2.45) is 11.8 Å². The van der Waals surface area contributed by atoms with Crippen LogP contribution in [0.15, 0.2) is 55.1 Å². The lowest BCUT2D eigenvalue weighted by atomic mass is 9.52. The van der Waals surface area contributed by atoms with Crippen molar-refractivity contribution in [1.82, 2.24) is 0 Å². The summed E-state index contributed by atoms with van der Waals surface area (Å²) < 4.78 is 10.1. The lowest BCUT2D eigenvalue weighted by Crippen LogP contribution is -2.52. The topological polar surface area (TPSA) is 52.6 Å². The van der Waals surface area contributed by atoms with Gasteiger partial charge in [-0.1, -0.05) is 55.1 Å². The van der Waals surface area contributed by atoms with Gasteiger partial charge in [-0.25, -0.2) is 0 Å². The maximum absolute atomic E-state index is 12.5. The van der Waals surface area contributed by atoms with Gasteiger partial charge in [-0.05, 0) is 27.8 Å². The number of rotatable bonds is 2. The highest BCUT2D eigenvalue weighted by Gasteiger charge is 2.61. The average molecular weight is 348 g/mol. The van der Waals surface area contributed by atoms with Gasteiger partial charge in [0.1, 0.15) is 0 Å². The Bertz CT molecular complexity index is 840. The van der Waals surface area contributed by atoms with E-state index in [2.05, 4.69) is 6.58 Å². The van der Waals surface area contributed by atoms with Gasteiger partial charge in [0, 0.05) is 11.8 Å². The lowest BCUT2D eigenvalue weighted by molar-refractivity contribution is -0.168. The minimum Gasteiger partial charge on any atom is -0.469 e. The molecule has 2 aliphatic rings. The summed E-state index contributed by atoms with van der Waals surface area (Å²) in [5.74, 6) is -2.13. The molecule has 4 nitrogen and oxygen atoms in total. The van der Waals surface area contributed by atoms with E-state index in [9.17, 15) is 9.59 Å². The third-order valence-corrected chi connectivity index (χ3v) is 5.78. The molecule has 132 valence electrons. The molecule has 4 heteroatoms. The van der Waals surface area contributed by atoms with Crippen LogP contribution in [0.5, 0.6) is 0 Å². The largest absolute Gasteiger partial charge is 0.469 e. The molecule has 0 saturated heterocycles. The van der Waals surface area contributed by atoms with Gasteiger partial charge in [0.15, 0.2) is 0 Å². The molecule has 0 aromatic heterocycles. The minimum atomic E-state index is -0.558. The second kappa shape index (κ2) is 6.13. The normalized spacial score (nSPS) is 25.7. The van der Waals surface area contributed by atoms with Crippen molar-refractivity contribution in [2.45, 2.75) is 11.8 Å². The van der Waals surface area contributed by atoms with Crippen LogP contribution in [0.3, 0.4) is 0 Å². The zero-order valence-electron chi connectivity index (χ0n) is 14.8. The van der Waals surface area contributed by atoms with Crippen molar-refractivity contribution in [2.75, 3.05) is 14.2 Å². The molecule has 0 N–H and O–H groups in total. The SMILES string of the molecule is C=C1c2ccccc2[C@@H]2[C@@H](C(=O)OC)[C@H](C(=O)OC)[C@@H]2c2ccccc21. The third-order valence-electron chi connectivity index (χ3n) is 5.78. The number of methoxy groups -OCH3 is 2. The number of hydrogen-bond donors (Lipinski definition) is 0. The summed E-state index contributed by atoms with van der Waals surface area (Å²) in [6.45, 7) is 4.30. The van der Waals surface area contributed by atoms with Crippen molar-refractivity contribution in [3.63, 3.8) is 0 Å². The number of fused-ring (bicyclic) bond motifs is 5. The Morgan fingerprint density at radius 1 is 0.769 bits per heavy atom. The molecule has 0 radical (unpaired) electrons. The smallest absolute Gasteiger partial charge is 0.310 e. The first kappa shape index (κ1) is 16.6. The van der Waals surface area contributed by atoms with Crippen LogP contribution < -0.4 is 0 Å². The molecule has 1 saturated carbocycles. The predicted molar refractivity (Wildman–Crippen MR) is 97.5 cm³/mol. The maximum Gasteiger partial charge on any atom is 0.310 e. The predicted octanol–water partition coefficient (Wildman–Crippen LogP) is 3.52. The van der Waals surface area contributed by atoms with E-state index in [1.165, 1.54) is 14.2 Å². The van der Waals surface area contributed by atoms with E-state index in [4.69, 9.17) is 9.47 Å². The summed E-state index contributed by atoms with van der Waals surface area (Å²) in [4.78, 5) is 25.1. The molecule has 0 heterocycles. The first-order chi connectivity index (χ1) is 12.6. The van der Waals surface area contributed by atoms with E-state index >= 15 is 0 Å². The second-order valence-corrected chi connectivity index (χ2v) is 6.80. The van der Waals surface area contributed by atoms with Crippen LogP contribution in [-0.4, -0.2) is 26.2 Å². The van der Waals surface area contributed by atoms with Crippen molar-refractivity contribution in [3.8, 4) is 0 Å². The average Bonchev–Trinajstić information content (AvgIpc) is 2.74. The van der Waals surface area contributed by atoms with Gasteiger partial charge in [-0.2, -0.15) is 0 Å². The van der Waals surface area contributed by atoms with Gasteiger partial charge >= 0.3 is 11.9 Å². The van der Waals surface area contributed by atoms with Crippen molar-refractivity contribution >= 4 is 17.5 Å². The summed E-state index contributed by atoms with van der Waals surface area (Å²) in [6, 6.07) is 15.9. The Hall–Kier alpha value is -2.88. The summed E-state index contributed by atoms with van der Waals surface area (Å²) in [5.41, 5.74) is 5.02. The Morgan fingerprint density at radius 2 is 1.15 bits per heavy atom. The summed E-state index contributed by atoms with van der Waals surface area (Å²) >= 11 is 0. The van der Waals surface area contributed by atoms with E-state index in [1.54, 1.807) is 0 Å². The van der Waals surface area contributed by atoms with E-state index in [1.807, 2.05) is 48.5 Å². The number of esters is 2. The zero-order chi connectivity index (χ0) is 18.4. The van der Waals surface area contributed by atoms with Gasteiger partial charge in [-0.3, -0.25) is 9.59 Å². The third kappa shape index (κ3) is 2.15. The van der Waals surface area contributed by atoms with Gasteiger partial charge in [0.2, 0.25) is 0 Å². The van der Waals surface area contributed by atoms with Gasteiger partial charge in [-0.15, -0.1) is 0 Å². The fourth-order valence-electron chi connectivity index (χ4n) is 4.65. The number of carbonyl (C=O) groups excluding carboxylic acids is 2. The van der Waals surface area contributed by atoms with E-state index < -0.39 is 11.8 Å². The first-order valence-corrected chi connectivity index (χ1v) is 8.63. The van der Waals surface area contributed by atoms with Crippen LogP contribution in [0.25, 0.3) is 5.57 Å². The molecule has 0 bridgehead atoms. The van der Waals surface area contributed by atoms with Gasteiger partial charge in [0.05, 0.1) is 26.1 Å². The summed E-state index contributed by atoms with van der Waals surface area (Å²) in [5, 5.41) is 0. The highest BCUT2D eigenvalue weighted by Crippen LogP contribution is 2.62. The van der Waals surface area contributed by atoms with Crippen LogP contribution in [0.1, 0.15) is 34.1 Å². The molecule has 0 spiro atoms. The van der Waals surface area contributed by atoms with Crippen LogP contribution >= 0.6 is 0 Å². The minimum absolute atomic E-state index is 0.136. The van der Waals surface area contributed by atoms with E-state index in [0.29, 0.717) is 0 Å². The standard InChI is InChI=1S/C22H20O4/c1-12-13-8-4-6-10-15(13)17-18(16-11-7-5-9-14(12)16)20(22(24)26-3)19(17)21(23)25-2/h4-11,17-20H,1H2,2-3H3/t17-,18+,19-,20-/m1/s1. The molecule has 26 heavy (non-hydrogen) atoms. The van der Waals surface area contributed by atoms with Gasteiger partial charge in [0.25, 0.3) is 0 Å². The Morgan fingerprint density at radius 3 is 1.54 bits per heavy atom. The summed E-state index contributed by atoms with van der Waals surface area (Å²) in [6.07, 6.45) is 0. The number of carbonyl (C=O) groups is 2. The van der Waals surface area contributed by atoms with Crippen LogP contribution in [0.4, 0.5) is 0 Å². The number of benzene rings is 2. The molecular weight excluding hydrogens is 328 g/mol. The first-order valence-electron chi connectivity index (χ1n) is 8.63. The maximum atomic E-state index is 12.5. The van der Waals surface area contributed by atoms with Gasteiger partial charge < -0.3 is 9.47 Å². The molecule has 0 amide bonds. The molecule has 2 aromatic rings. The Balaban J connectivity index is 1.97. The molecule has 4 atom stereocenters. The van der Waals surface area contributed by atoms with Crippen LogP contribution in [-0.2, 0) is 19.1 Å². The zero-order valence-corrected chi connectivity index (χ0v) is 14.8. The Kier molecular flexibility index (Phi) is 3.91. The van der Waals surface area contributed by atoms with Crippen LogP contribution in [0, 0.1) is 11.8 Å². The second-order valence-electron chi connectivity index (χ2n) is 6.80. The van der Waals surface area contributed by atoms with Crippen LogP contribution in [0.2, 0.25) is 0 Å². The quantitative estimate of drug-likeness (QED) is 0.779. The molecule has 0 unspecified atom stereocenters. The monoisotopic (exact) mass is 348 g/mol. The van der Waals surface area contributed by atoms with E-state index in [-0.39, 0.29) is 23.8 Å². The number of ether oxygens (including phenoxy) is 2. The van der Waals surface area contributed by atoms with Crippen molar-refractivity contribution in [1.29, 1.82) is 0 Å².